The first-order valence-electron chi connectivity index (χ1n) is 10.4. The minimum atomic E-state index is -0.371. The van der Waals surface area contributed by atoms with Crippen molar-refractivity contribution in [2.24, 2.45) is 11.8 Å². The zero-order valence-electron chi connectivity index (χ0n) is 16.6. The summed E-state index contributed by atoms with van der Waals surface area (Å²) in [5, 5.41) is 0. The maximum Gasteiger partial charge on any atom is 0.338 e. The van der Waals surface area contributed by atoms with Crippen LogP contribution >= 0.6 is 31.9 Å². The van der Waals surface area contributed by atoms with Gasteiger partial charge in [0, 0.05) is 9.65 Å². The molecule has 0 N–H and O–H groups in total. The van der Waals surface area contributed by atoms with Gasteiger partial charge in [-0.15, -0.1) is 0 Å². The fourth-order valence-corrected chi connectivity index (χ4v) is 5.29. The molecular weight excluding hydrogens is 502 g/mol. The Kier molecular flexibility index (Phi) is 7.91. The summed E-state index contributed by atoms with van der Waals surface area (Å²) >= 11 is 7.19. The number of amides is 2. The zero-order valence-corrected chi connectivity index (χ0v) is 19.8. The van der Waals surface area contributed by atoms with E-state index >= 15 is 0 Å². The standard InChI is InChI=1S/C22H27Br2NO4/c1-2-3-4-5-6-11-29-22(28)14-7-9-15(10-8-14)25-20(26)16-12-18(23)19(24)13-17(16)21(25)27/h7-10,16-19H,2-6,11-13H2,1H3/t16-,17-,18-,19+/m1/s1. The number of hydrogen-bond donors (Lipinski definition) is 0. The Morgan fingerprint density at radius 3 is 2.07 bits per heavy atom. The smallest absolute Gasteiger partial charge is 0.338 e. The molecule has 7 heteroatoms. The molecule has 29 heavy (non-hydrogen) atoms. The summed E-state index contributed by atoms with van der Waals surface area (Å²) in [5.41, 5.74) is 0.947. The van der Waals surface area contributed by atoms with Crippen LogP contribution in [-0.4, -0.2) is 34.0 Å². The Bertz CT molecular complexity index is 724. The van der Waals surface area contributed by atoms with E-state index < -0.39 is 0 Å². The van der Waals surface area contributed by atoms with Gasteiger partial charge < -0.3 is 4.74 Å². The molecule has 1 aliphatic heterocycles. The van der Waals surface area contributed by atoms with Crippen molar-refractivity contribution in [3.8, 4) is 0 Å². The lowest BCUT2D eigenvalue weighted by molar-refractivity contribution is -0.122. The Balaban J connectivity index is 1.59. The highest BCUT2D eigenvalue weighted by molar-refractivity contribution is 9.12. The van der Waals surface area contributed by atoms with Crippen molar-refractivity contribution in [2.45, 2.75) is 61.5 Å². The molecule has 158 valence electrons. The van der Waals surface area contributed by atoms with Crippen molar-refractivity contribution in [3.63, 3.8) is 0 Å². The molecule has 1 heterocycles. The number of carbonyl (C=O) groups excluding carboxylic acids is 3. The number of rotatable bonds is 8. The second kappa shape index (κ2) is 10.2. The number of ether oxygens (including phenoxy) is 1. The number of esters is 1. The third-order valence-electron chi connectivity index (χ3n) is 5.75. The molecule has 4 atom stereocenters. The Morgan fingerprint density at radius 1 is 0.966 bits per heavy atom. The minimum Gasteiger partial charge on any atom is -0.462 e. The number of carbonyl (C=O) groups is 3. The summed E-state index contributed by atoms with van der Waals surface area (Å²) in [6.07, 6.45) is 6.77. The molecule has 2 aliphatic rings. The summed E-state index contributed by atoms with van der Waals surface area (Å²) in [7, 11) is 0. The van der Waals surface area contributed by atoms with Crippen molar-refractivity contribution >= 4 is 55.3 Å². The number of benzene rings is 1. The van der Waals surface area contributed by atoms with Crippen molar-refractivity contribution in [1.82, 2.24) is 0 Å². The first-order valence-corrected chi connectivity index (χ1v) is 12.2. The van der Waals surface area contributed by atoms with E-state index in [4.69, 9.17) is 4.74 Å². The first-order chi connectivity index (χ1) is 13.9. The van der Waals surface area contributed by atoms with E-state index in [0.717, 1.165) is 19.3 Å². The van der Waals surface area contributed by atoms with Crippen LogP contribution in [0, 0.1) is 11.8 Å². The molecule has 1 aliphatic carbocycles. The van der Waals surface area contributed by atoms with Crippen molar-refractivity contribution in [2.75, 3.05) is 11.5 Å². The molecule has 1 saturated carbocycles. The van der Waals surface area contributed by atoms with Gasteiger partial charge in [-0.1, -0.05) is 64.5 Å². The van der Waals surface area contributed by atoms with Crippen LogP contribution in [0.2, 0.25) is 0 Å². The fourth-order valence-electron chi connectivity index (χ4n) is 4.05. The van der Waals surface area contributed by atoms with Gasteiger partial charge in [-0.2, -0.15) is 0 Å². The van der Waals surface area contributed by atoms with E-state index in [-0.39, 0.29) is 39.3 Å². The van der Waals surface area contributed by atoms with Crippen molar-refractivity contribution in [3.05, 3.63) is 29.8 Å². The fraction of sp³-hybridized carbons (Fsp3) is 0.591. The quantitative estimate of drug-likeness (QED) is 0.200. The Morgan fingerprint density at radius 2 is 1.52 bits per heavy atom. The second-order valence-electron chi connectivity index (χ2n) is 7.83. The van der Waals surface area contributed by atoms with Crippen LogP contribution in [0.25, 0.3) is 0 Å². The van der Waals surface area contributed by atoms with Gasteiger partial charge >= 0.3 is 5.97 Å². The third-order valence-corrected chi connectivity index (χ3v) is 8.49. The van der Waals surface area contributed by atoms with Crippen LogP contribution in [0.4, 0.5) is 5.69 Å². The van der Waals surface area contributed by atoms with E-state index in [1.54, 1.807) is 24.3 Å². The third kappa shape index (κ3) is 5.10. The Hall–Kier alpha value is -1.21. The lowest BCUT2D eigenvalue weighted by Gasteiger charge is -2.29. The van der Waals surface area contributed by atoms with Gasteiger partial charge in [0.2, 0.25) is 11.8 Å². The molecule has 0 unspecified atom stereocenters. The van der Waals surface area contributed by atoms with Gasteiger partial charge in [0.1, 0.15) is 0 Å². The maximum absolute atomic E-state index is 12.8. The van der Waals surface area contributed by atoms with E-state index in [9.17, 15) is 14.4 Å². The number of halogens is 2. The molecule has 2 fully saturated rings. The average Bonchev–Trinajstić information content (AvgIpc) is 2.95. The number of nitrogens with zero attached hydrogens (tertiary/aromatic N) is 1. The van der Waals surface area contributed by atoms with Gasteiger partial charge in [0.15, 0.2) is 0 Å². The van der Waals surface area contributed by atoms with Crippen molar-refractivity contribution in [1.29, 1.82) is 0 Å². The molecule has 1 saturated heterocycles. The van der Waals surface area contributed by atoms with Crippen LogP contribution in [0.3, 0.4) is 0 Å². The number of imide groups is 1. The lowest BCUT2D eigenvalue weighted by Crippen LogP contribution is -2.34. The number of alkyl halides is 2. The average molecular weight is 529 g/mol. The highest BCUT2D eigenvalue weighted by atomic mass is 79.9. The van der Waals surface area contributed by atoms with Crippen LogP contribution in [-0.2, 0) is 14.3 Å². The van der Waals surface area contributed by atoms with Gasteiger partial charge in [0.05, 0.1) is 29.7 Å². The van der Waals surface area contributed by atoms with Crippen LogP contribution in [0.15, 0.2) is 24.3 Å². The van der Waals surface area contributed by atoms with Gasteiger partial charge in [-0.3, -0.25) is 14.5 Å². The predicted molar refractivity (Wildman–Crippen MR) is 120 cm³/mol. The number of fused-ring (bicyclic) bond motifs is 1. The summed E-state index contributed by atoms with van der Waals surface area (Å²) in [6, 6.07) is 6.56. The van der Waals surface area contributed by atoms with E-state index in [1.807, 2.05) is 0 Å². The van der Waals surface area contributed by atoms with Crippen molar-refractivity contribution < 1.29 is 19.1 Å². The summed E-state index contributed by atoms with van der Waals surface area (Å²) in [4.78, 5) is 39.5. The Labute approximate surface area is 188 Å². The topological polar surface area (TPSA) is 63.7 Å². The van der Waals surface area contributed by atoms with Crippen LogP contribution < -0.4 is 4.90 Å². The van der Waals surface area contributed by atoms with E-state index in [2.05, 4.69) is 38.8 Å². The lowest BCUT2D eigenvalue weighted by atomic mass is 9.81. The normalized spacial score (nSPS) is 26.5. The van der Waals surface area contributed by atoms with Gasteiger partial charge in [0.25, 0.3) is 0 Å². The monoisotopic (exact) mass is 527 g/mol. The molecule has 3 rings (SSSR count). The first kappa shape index (κ1) is 22.5. The molecule has 5 nitrogen and oxygen atoms in total. The molecule has 0 aromatic heterocycles. The maximum atomic E-state index is 12.8. The van der Waals surface area contributed by atoms with Crippen LogP contribution in [0.1, 0.15) is 62.2 Å². The highest BCUT2D eigenvalue weighted by Crippen LogP contribution is 2.44. The largest absolute Gasteiger partial charge is 0.462 e. The molecule has 0 spiro atoms. The predicted octanol–water partition coefficient (Wildman–Crippen LogP) is 5.24. The molecule has 0 bridgehead atoms. The number of anilines is 1. The molecular formula is C22H27Br2NO4. The highest BCUT2D eigenvalue weighted by Gasteiger charge is 2.52. The zero-order chi connectivity index (χ0) is 21.0. The van der Waals surface area contributed by atoms with E-state index in [0.29, 0.717) is 30.7 Å². The van der Waals surface area contributed by atoms with Crippen LogP contribution in [0.5, 0.6) is 0 Å². The second-order valence-corrected chi connectivity index (χ2v) is 10.2. The van der Waals surface area contributed by atoms with E-state index in [1.165, 1.54) is 17.7 Å². The minimum absolute atomic E-state index is 0.147. The molecule has 2 amide bonds. The summed E-state index contributed by atoms with van der Waals surface area (Å²) in [6.45, 7) is 2.58. The van der Waals surface area contributed by atoms with Gasteiger partial charge in [-0.25, -0.2) is 4.79 Å². The summed E-state index contributed by atoms with van der Waals surface area (Å²) in [5.74, 6) is -1.22. The molecule has 1 aromatic rings. The number of unbranched alkanes of at least 4 members (excludes halogenated alkanes) is 4. The summed E-state index contributed by atoms with van der Waals surface area (Å²) < 4.78 is 5.32. The van der Waals surface area contributed by atoms with Gasteiger partial charge in [-0.05, 0) is 43.5 Å². The SMILES string of the molecule is CCCCCCCOC(=O)c1ccc(N2C(=O)[C@@H]3C[C@@H](Br)[C@@H](Br)C[C@H]3C2=O)cc1. The molecule has 0 radical (unpaired) electrons. The molecule has 1 aromatic carbocycles. The number of hydrogen-bond acceptors (Lipinski definition) is 4.